The fraction of sp³-hybridized carbons (Fsp3) is 0.333. The molecular weight excluding hydrogens is 290 g/mol. The van der Waals surface area contributed by atoms with Gasteiger partial charge in [0.05, 0.1) is 11.7 Å². The number of carbonyl (C=O) groups excluding carboxylic acids is 1. The molecule has 2 N–H and O–H groups in total. The second-order valence-electron chi connectivity index (χ2n) is 5.85. The molecule has 0 bridgehead atoms. The molecule has 1 aliphatic carbocycles. The molecule has 1 saturated carbocycles. The van der Waals surface area contributed by atoms with E-state index in [9.17, 15) is 10.0 Å². The van der Waals surface area contributed by atoms with Crippen molar-refractivity contribution in [2.45, 2.75) is 38.1 Å². The smallest absolute Gasteiger partial charge is 0.256 e. The van der Waals surface area contributed by atoms with Crippen LogP contribution < -0.4 is 10.4 Å². The molecule has 1 aromatic heterocycles. The van der Waals surface area contributed by atoms with E-state index in [1.54, 1.807) is 42.6 Å². The number of anilines is 2. The third kappa shape index (κ3) is 3.87. The van der Waals surface area contributed by atoms with E-state index in [1.807, 2.05) is 6.07 Å². The van der Waals surface area contributed by atoms with E-state index in [-0.39, 0.29) is 11.9 Å². The molecule has 1 fully saturated rings. The minimum Gasteiger partial charge on any atom is -0.307 e. The lowest BCUT2D eigenvalue weighted by Crippen LogP contribution is -2.33. The zero-order chi connectivity index (χ0) is 16.1. The first-order valence-electron chi connectivity index (χ1n) is 8.04. The minimum atomic E-state index is -0.211. The van der Waals surface area contributed by atoms with Crippen LogP contribution in [0.15, 0.2) is 48.7 Å². The number of hydrogen-bond acceptors (Lipinski definition) is 4. The molecule has 0 spiro atoms. The highest BCUT2D eigenvalue weighted by molar-refractivity contribution is 6.03. The molecule has 5 nitrogen and oxygen atoms in total. The van der Waals surface area contributed by atoms with Gasteiger partial charge in [-0.3, -0.25) is 15.1 Å². The SMILES string of the molecule is O=C(Nc1ccccn1)c1ccc(N(O)C2CCCCC2)cc1. The molecule has 1 heterocycles. The highest BCUT2D eigenvalue weighted by Crippen LogP contribution is 2.26. The van der Waals surface area contributed by atoms with Crippen molar-refractivity contribution in [2.75, 3.05) is 10.4 Å². The van der Waals surface area contributed by atoms with Crippen LogP contribution in [0.5, 0.6) is 0 Å². The van der Waals surface area contributed by atoms with Crippen molar-refractivity contribution in [3.8, 4) is 0 Å². The number of nitrogens with zero attached hydrogens (tertiary/aromatic N) is 2. The summed E-state index contributed by atoms with van der Waals surface area (Å²) in [6.45, 7) is 0. The van der Waals surface area contributed by atoms with Gasteiger partial charge in [-0.2, -0.15) is 0 Å². The number of hydrogen-bond donors (Lipinski definition) is 2. The van der Waals surface area contributed by atoms with Crippen molar-refractivity contribution < 1.29 is 10.0 Å². The maximum atomic E-state index is 12.2. The zero-order valence-corrected chi connectivity index (χ0v) is 13.0. The molecule has 3 rings (SSSR count). The number of benzene rings is 1. The summed E-state index contributed by atoms with van der Waals surface area (Å²) >= 11 is 0. The molecule has 0 unspecified atom stereocenters. The minimum absolute atomic E-state index is 0.178. The summed E-state index contributed by atoms with van der Waals surface area (Å²) in [7, 11) is 0. The lowest BCUT2D eigenvalue weighted by molar-refractivity contribution is 0.102. The lowest BCUT2D eigenvalue weighted by Gasteiger charge is -2.30. The summed E-state index contributed by atoms with van der Waals surface area (Å²) in [6.07, 6.45) is 7.22. The van der Waals surface area contributed by atoms with Gasteiger partial charge in [0, 0.05) is 11.8 Å². The molecule has 0 atom stereocenters. The number of hydroxylamine groups is 1. The highest BCUT2D eigenvalue weighted by atomic mass is 16.5. The molecule has 5 heteroatoms. The van der Waals surface area contributed by atoms with E-state index in [2.05, 4.69) is 10.3 Å². The predicted molar refractivity (Wildman–Crippen MR) is 89.8 cm³/mol. The van der Waals surface area contributed by atoms with Gasteiger partial charge in [-0.05, 0) is 49.2 Å². The monoisotopic (exact) mass is 311 g/mol. The summed E-state index contributed by atoms with van der Waals surface area (Å²) in [5, 5.41) is 14.4. The summed E-state index contributed by atoms with van der Waals surface area (Å²) < 4.78 is 0. The number of amides is 1. The number of aromatic nitrogens is 1. The molecule has 0 saturated heterocycles. The van der Waals surface area contributed by atoms with E-state index in [1.165, 1.54) is 11.5 Å². The van der Waals surface area contributed by atoms with Gasteiger partial charge in [0.1, 0.15) is 5.82 Å². The van der Waals surface area contributed by atoms with Crippen molar-refractivity contribution >= 4 is 17.4 Å². The second-order valence-corrected chi connectivity index (χ2v) is 5.85. The van der Waals surface area contributed by atoms with Crippen molar-refractivity contribution in [2.24, 2.45) is 0 Å². The Labute approximate surface area is 135 Å². The van der Waals surface area contributed by atoms with E-state index in [4.69, 9.17) is 0 Å². The Morgan fingerprint density at radius 1 is 1.09 bits per heavy atom. The Bertz CT molecular complexity index is 637. The third-order valence-corrected chi connectivity index (χ3v) is 4.22. The van der Waals surface area contributed by atoms with Crippen LogP contribution in [-0.2, 0) is 0 Å². The maximum Gasteiger partial charge on any atom is 0.256 e. The van der Waals surface area contributed by atoms with E-state index >= 15 is 0 Å². The first kappa shape index (κ1) is 15.5. The van der Waals surface area contributed by atoms with Crippen molar-refractivity contribution in [3.63, 3.8) is 0 Å². The average Bonchev–Trinajstić information content (AvgIpc) is 2.63. The number of carbonyl (C=O) groups is 1. The Morgan fingerprint density at radius 2 is 1.83 bits per heavy atom. The molecule has 1 amide bonds. The third-order valence-electron chi connectivity index (χ3n) is 4.22. The Morgan fingerprint density at radius 3 is 2.48 bits per heavy atom. The maximum absolute atomic E-state index is 12.2. The normalized spacial score (nSPS) is 15.2. The van der Waals surface area contributed by atoms with Crippen LogP contribution in [0.2, 0.25) is 0 Å². The molecule has 23 heavy (non-hydrogen) atoms. The van der Waals surface area contributed by atoms with Crippen molar-refractivity contribution in [3.05, 3.63) is 54.2 Å². The summed E-state index contributed by atoms with van der Waals surface area (Å²) in [4.78, 5) is 16.2. The molecule has 2 aromatic rings. The lowest BCUT2D eigenvalue weighted by atomic mass is 9.95. The van der Waals surface area contributed by atoms with Gasteiger partial charge in [0.25, 0.3) is 5.91 Å². The van der Waals surface area contributed by atoms with Crippen LogP contribution in [0.3, 0.4) is 0 Å². The van der Waals surface area contributed by atoms with Gasteiger partial charge in [-0.25, -0.2) is 4.98 Å². The van der Waals surface area contributed by atoms with Gasteiger partial charge in [0.15, 0.2) is 0 Å². The van der Waals surface area contributed by atoms with E-state index in [0.29, 0.717) is 11.4 Å². The Kier molecular flexibility index (Phi) is 4.88. The van der Waals surface area contributed by atoms with Crippen LogP contribution in [0.4, 0.5) is 11.5 Å². The Balaban J connectivity index is 1.65. The van der Waals surface area contributed by atoms with E-state index in [0.717, 1.165) is 31.4 Å². The average molecular weight is 311 g/mol. The molecule has 1 aliphatic rings. The van der Waals surface area contributed by atoms with Gasteiger partial charge >= 0.3 is 0 Å². The number of nitrogens with one attached hydrogen (secondary N) is 1. The van der Waals surface area contributed by atoms with Crippen LogP contribution in [-0.4, -0.2) is 22.1 Å². The van der Waals surface area contributed by atoms with Crippen LogP contribution in [0, 0.1) is 0 Å². The summed E-state index contributed by atoms with van der Waals surface area (Å²) in [5.41, 5.74) is 1.27. The fourth-order valence-corrected chi connectivity index (χ4v) is 2.93. The van der Waals surface area contributed by atoms with Crippen LogP contribution in [0.25, 0.3) is 0 Å². The van der Waals surface area contributed by atoms with Crippen molar-refractivity contribution in [1.82, 2.24) is 4.98 Å². The highest BCUT2D eigenvalue weighted by Gasteiger charge is 2.20. The Hall–Kier alpha value is -2.40. The zero-order valence-electron chi connectivity index (χ0n) is 13.0. The summed E-state index contributed by atoms with van der Waals surface area (Å²) in [5.74, 6) is 0.310. The van der Waals surface area contributed by atoms with Crippen LogP contribution in [0.1, 0.15) is 42.5 Å². The molecule has 0 aliphatic heterocycles. The van der Waals surface area contributed by atoms with Gasteiger partial charge in [0.2, 0.25) is 0 Å². The quantitative estimate of drug-likeness (QED) is 0.841. The number of rotatable bonds is 4. The fourth-order valence-electron chi connectivity index (χ4n) is 2.93. The first-order valence-corrected chi connectivity index (χ1v) is 8.04. The molecular formula is C18H21N3O2. The summed E-state index contributed by atoms with van der Waals surface area (Å²) in [6, 6.07) is 12.5. The first-order chi connectivity index (χ1) is 11.2. The topological polar surface area (TPSA) is 65.5 Å². The predicted octanol–water partition coefficient (Wildman–Crippen LogP) is 3.86. The van der Waals surface area contributed by atoms with Gasteiger partial charge in [-0.1, -0.05) is 25.3 Å². The molecule has 0 radical (unpaired) electrons. The van der Waals surface area contributed by atoms with Gasteiger partial charge < -0.3 is 5.32 Å². The second kappa shape index (κ2) is 7.24. The van der Waals surface area contributed by atoms with Crippen molar-refractivity contribution in [1.29, 1.82) is 0 Å². The van der Waals surface area contributed by atoms with Gasteiger partial charge in [-0.15, -0.1) is 0 Å². The standard InChI is InChI=1S/C18H21N3O2/c22-18(20-17-8-4-5-13-19-17)14-9-11-16(12-10-14)21(23)15-6-2-1-3-7-15/h4-5,8-13,15,23H,1-3,6-7H2,(H,19,20,22). The van der Waals surface area contributed by atoms with Crippen LogP contribution >= 0.6 is 0 Å². The number of pyridine rings is 1. The molecule has 120 valence electrons. The van der Waals surface area contributed by atoms with E-state index < -0.39 is 0 Å². The largest absolute Gasteiger partial charge is 0.307 e. The molecule has 1 aromatic carbocycles.